The summed E-state index contributed by atoms with van der Waals surface area (Å²) in [5, 5.41) is 8.85. The van der Waals surface area contributed by atoms with Gasteiger partial charge in [-0.1, -0.05) is 13.8 Å². The predicted octanol–water partition coefficient (Wildman–Crippen LogP) is 1.88. The van der Waals surface area contributed by atoms with Gasteiger partial charge in [0.25, 0.3) is 0 Å². The van der Waals surface area contributed by atoms with Crippen LogP contribution in [0, 0.1) is 16.7 Å². The highest BCUT2D eigenvalue weighted by Gasteiger charge is 2.22. The van der Waals surface area contributed by atoms with E-state index in [4.69, 9.17) is 5.26 Å². The van der Waals surface area contributed by atoms with Gasteiger partial charge in [-0.15, -0.1) is 0 Å². The Bertz CT molecular complexity index is 148. The van der Waals surface area contributed by atoms with E-state index in [1.807, 2.05) is 14.0 Å². The minimum absolute atomic E-state index is 0.162. The lowest BCUT2D eigenvalue weighted by molar-refractivity contribution is 0.245. The van der Waals surface area contributed by atoms with Gasteiger partial charge in [0.1, 0.15) is 0 Å². The van der Waals surface area contributed by atoms with Gasteiger partial charge < -0.3 is 4.90 Å². The first-order chi connectivity index (χ1) is 5.08. The molecule has 11 heavy (non-hydrogen) atoms. The quantitative estimate of drug-likeness (QED) is 0.618. The molecule has 1 unspecified atom stereocenters. The summed E-state index contributed by atoms with van der Waals surface area (Å²) in [6.07, 6.45) is 0.924. The molecular formula is C9H18N2. The summed E-state index contributed by atoms with van der Waals surface area (Å²) in [6.45, 7) is 8.06. The molecule has 0 aliphatic heterocycles. The van der Waals surface area contributed by atoms with Crippen LogP contribution in [0.2, 0.25) is 0 Å². The maximum absolute atomic E-state index is 8.85. The lowest BCUT2D eigenvalue weighted by Crippen LogP contribution is -2.31. The van der Waals surface area contributed by atoms with Crippen molar-refractivity contribution in [3.8, 4) is 6.07 Å². The van der Waals surface area contributed by atoms with Crippen LogP contribution in [0.1, 0.15) is 27.2 Å². The molecule has 2 nitrogen and oxygen atoms in total. The van der Waals surface area contributed by atoms with Crippen LogP contribution in [0.3, 0.4) is 0 Å². The van der Waals surface area contributed by atoms with Gasteiger partial charge in [-0.3, -0.25) is 0 Å². The van der Waals surface area contributed by atoms with Crippen LogP contribution < -0.4 is 0 Å². The number of hydrogen-bond donors (Lipinski definition) is 0. The Morgan fingerprint density at radius 3 is 2.27 bits per heavy atom. The molecule has 0 aromatic heterocycles. The highest BCUT2D eigenvalue weighted by Crippen LogP contribution is 2.20. The van der Waals surface area contributed by atoms with Crippen molar-refractivity contribution in [3.05, 3.63) is 0 Å². The molecule has 0 aliphatic rings. The van der Waals surface area contributed by atoms with E-state index in [9.17, 15) is 0 Å². The largest absolute Gasteiger partial charge is 0.305 e. The molecule has 2 heteroatoms. The summed E-state index contributed by atoms with van der Waals surface area (Å²) in [5.41, 5.74) is -0.162. The van der Waals surface area contributed by atoms with E-state index in [0.29, 0.717) is 0 Å². The standard InChI is InChI=1S/C9H18N2/c1-5-9(3,7-10)8-11(4)6-2/h5-6,8H2,1-4H3. The van der Waals surface area contributed by atoms with Crippen LogP contribution in [0.25, 0.3) is 0 Å². The summed E-state index contributed by atoms with van der Waals surface area (Å²) >= 11 is 0. The maximum Gasteiger partial charge on any atom is 0.0700 e. The molecule has 0 aliphatic carbocycles. The number of rotatable bonds is 4. The minimum Gasteiger partial charge on any atom is -0.305 e. The van der Waals surface area contributed by atoms with E-state index in [-0.39, 0.29) is 5.41 Å². The van der Waals surface area contributed by atoms with Gasteiger partial charge in [0.05, 0.1) is 11.5 Å². The normalized spacial score (nSPS) is 16.0. The highest BCUT2D eigenvalue weighted by atomic mass is 15.1. The summed E-state index contributed by atoms with van der Waals surface area (Å²) in [5.74, 6) is 0. The van der Waals surface area contributed by atoms with Gasteiger partial charge in [-0.25, -0.2) is 0 Å². The molecule has 0 N–H and O–H groups in total. The average molecular weight is 154 g/mol. The van der Waals surface area contributed by atoms with Crippen LogP contribution in [0.15, 0.2) is 0 Å². The molecule has 0 aromatic carbocycles. The predicted molar refractivity (Wildman–Crippen MR) is 47.2 cm³/mol. The van der Waals surface area contributed by atoms with E-state index in [1.165, 1.54) is 0 Å². The molecule has 0 saturated heterocycles. The molecule has 0 saturated carbocycles. The molecule has 0 aromatic rings. The molecule has 1 atom stereocenters. The van der Waals surface area contributed by atoms with Crippen molar-refractivity contribution >= 4 is 0 Å². The van der Waals surface area contributed by atoms with Crippen molar-refractivity contribution in [2.24, 2.45) is 5.41 Å². The van der Waals surface area contributed by atoms with Crippen LogP contribution in [0.4, 0.5) is 0 Å². The summed E-state index contributed by atoms with van der Waals surface area (Å²) < 4.78 is 0. The Morgan fingerprint density at radius 2 is 2.00 bits per heavy atom. The zero-order valence-corrected chi connectivity index (χ0v) is 8.02. The molecule has 0 spiro atoms. The van der Waals surface area contributed by atoms with Gasteiger partial charge >= 0.3 is 0 Å². The third-order valence-corrected chi connectivity index (χ3v) is 2.21. The Balaban J connectivity index is 3.99. The third kappa shape index (κ3) is 3.38. The lowest BCUT2D eigenvalue weighted by atomic mass is 9.89. The van der Waals surface area contributed by atoms with Crippen molar-refractivity contribution in [3.63, 3.8) is 0 Å². The molecule has 0 rings (SSSR count). The second-order valence-corrected chi connectivity index (χ2v) is 3.36. The van der Waals surface area contributed by atoms with Crippen LogP contribution in [0.5, 0.6) is 0 Å². The Kier molecular flexibility index (Phi) is 4.14. The van der Waals surface area contributed by atoms with Gasteiger partial charge in [0.15, 0.2) is 0 Å². The molecule has 0 bridgehead atoms. The highest BCUT2D eigenvalue weighted by molar-refractivity contribution is 4.96. The first-order valence-electron chi connectivity index (χ1n) is 4.17. The first kappa shape index (κ1) is 10.4. The molecule has 0 heterocycles. The topological polar surface area (TPSA) is 27.0 Å². The van der Waals surface area contributed by atoms with Gasteiger partial charge in [-0.05, 0) is 26.9 Å². The fourth-order valence-corrected chi connectivity index (χ4v) is 0.934. The van der Waals surface area contributed by atoms with Gasteiger partial charge in [0.2, 0.25) is 0 Å². The third-order valence-electron chi connectivity index (χ3n) is 2.21. The zero-order chi connectivity index (χ0) is 8.91. The van der Waals surface area contributed by atoms with Gasteiger partial charge in [0, 0.05) is 6.54 Å². The van der Waals surface area contributed by atoms with Crippen LogP contribution >= 0.6 is 0 Å². The Morgan fingerprint density at radius 1 is 1.45 bits per heavy atom. The summed E-state index contributed by atoms with van der Waals surface area (Å²) in [6, 6.07) is 2.35. The Hall–Kier alpha value is -0.550. The molecule has 0 amide bonds. The van der Waals surface area contributed by atoms with Crippen LogP contribution in [-0.2, 0) is 0 Å². The summed E-state index contributed by atoms with van der Waals surface area (Å²) in [4.78, 5) is 2.17. The lowest BCUT2D eigenvalue weighted by Gasteiger charge is -2.25. The number of nitriles is 1. The maximum atomic E-state index is 8.85. The van der Waals surface area contributed by atoms with E-state index in [2.05, 4.69) is 24.8 Å². The average Bonchev–Trinajstić information content (AvgIpc) is 2.04. The monoisotopic (exact) mass is 154 g/mol. The smallest absolute Gasteiger partial charge is 0.0700 e. The van der Waals surface area contributed by atoms with Crippen molar-refractivity contribution in [2.45, 2.75) is 27.2 Å². The van der Waals surface area contributed by atoms with E-state index >= 15 is 0 Å². The van der Waals surface area contributed by atoms with Crippen LogP contribution in [-0.4, -0.2) is 25.0 Å². The van der Waals surface area contributed by atoms with E-state index in [0.717, 1.165) is 19.5 Å². The van der Waals surface area contributed by atoms with Crippen molar-refractivity contribution in [1.82, 2.24) is 4.90 Å². The molecule has 0 fully saturated rings. The van der Waals surface area contributed by atoms with Crippen molar-refractivity contribution in [2.75, 3.05) is 20.1 Å². The second-order valence-electron chi connectivity index (χ2n) is 3.36. The van der Waals surface area contributed by atoms with Gasteiger partial charge in [-0.2, -0.15) is 5.26 Å². The van der Waals surface area contributed by atoms with Crippen molar-refractivity contribution in [1.29, 1.82) is 5.26 Å². The minimum atomic E-state index is -0.162. The number of hydrogen-bond acceptors (Lipinski definition) is 2. The Labute approximate surface area is 69.8 Å². The zero-order valence-electron chi connectivity index (χ0n) is 8.02. The number of nitrogens with zero attached hydrogens (tertiary/aromatic N) is 2. The van der Waals surface area contributed by atoms with E-state index in [1.54, 1.807) is 0 Å². The molecular weight excluding hydrogens is 136 g/mol. The fourth-order valence-electron chi connectivity index (χ4n) is 0.934. The SMILES string of the molecule is CCN(C)CC(C)(C#N)CC. The molecule has 0 radical (unpaired) electrons. The first-order valence-corrected chi connectivity index (χ1v) is 4.17. The molecule has 64 valence electrons. The van der Waals surface area contributed by atoms with E-state index < -0.39 is 0 Å². The second kappa shape index (κ2) is 4.35. The fraction of sp³-hybridized carbons (Fsp3) is 0.889. The summed E-state index contributed by atoms with van der Waals surface area (Å²) in [7, 11) is 2.05. The van der Waals surface area contributed by atoms with Crippen molar-refractivity contribution < 1.29 is 0 Å².